The summed E-state index contributed by atoms with van der Waals surface area (Å²) < 4.78 is 3.84. The van der Waals surface area contributed by atoms with Crippen LogP contribution in [0, 0.1) is 5.41 Å². The van der Waals surface area contributed by atoms with E-state index in [1.165, 1.54) is 0 Å². The third-order valence-corrected chi connectivity index (χ3v) is 4.70. The molecule has 1 N–H and O–H groups in total. The molecule has 2 aromatic rings. The maximum Gasteiger partial charge on any atom is 0.228 e. The molecule has 0 radical (unpaired) electrons. The van der Waals surface area contributed by atoms with Crippen LogP contribution in [0.15, 0.2) is 30.2 Å². The highest BCUT2D eigenvalue weighted by atomic mass is 32.2. The van der Waals surface area contributed by atoms with Gasteiger partial charge in [-0.05, 0) is 12.8 Å². The van der Waals surface area contributed by atoms with E-state index in [4.69, 9.17) is 0 Å². The molecule has 0 aromatic carbocycles. The number of aromatic nitrogens is 5. The van der Waals surface area contributed by atoms with Gasteiger partial charge in [0.05, 0.1) is 11.7 Å². The van der Waals surface area contributed by atoms with Gasteiger partial charge in [-0.2, -0.15) is 0 Å². The van der Waals surface area contributed by atoms with E-state index in [1.54, 1.807) is 30.6 Å². The van der Waals surface area contributed by atoms with Gasteiger partial charge >= 0.3 is 0 Å². The topological polar surface area (TPSA) is 77.6 Å². The summed E-state index contributed by atoms with van der Waals surface area (Å²) in [7, 11) is 1.91. The molecular weight excluding hydrogens is 288 g/mol. The Kier molecular flexibility index (Phi) is 3.96. The first kappa shape index (κ1) is 14.1. The smallest absolute Gasteiger partial charge is 0.228 e. The van der Waals surface area contributed by atoms with Gasteiger partial charge in [0.1, 0.15) is 6.33 Å². The molecule has 0 atom stereocenters. The van der Waals surface area contributed by atoms with Gasteiger partial charge in [-0.3, -0.25) is 4.79 Å². The third-order valence-electron chi connectivity index (χ3n) is 3.67. The Morgan fingerprint density at radius 2 is 2.33 bits per heavy atom. The maximum absolute atomic E-state index is 12.3. The van der Waals surface area contributed by atoms with E-state index >= 15 is 0 Å². The van der Waals surface area contributed by atoms with Crippen LogP contribution in [0.4, 0.5) is 0 Å². The molecule has 0 bridgehead atoms. The molecule has 1 fully saturated rings. The summed E-state index contributed by atoms with van der Waals surface area (Å²) in [5, 5.41) is 11.7. The first-order chi connectivity index (χ1) is 10.2. The van der Waals surface area contributed by atoms with Gasteiger partial charge < -0.3 is 14.5 Å². The van der Waals surface area contributed by atoms with Gasteiger partial charge in [0, 0.05) is 38.3 Å². The lowest BCUT2D eigenvalue weighted by molar-refractivity contribution is -0.126. The average molecular weight is 306 g/mol. The van der Waals surface area contributed by atoms with Gasteiger partial charge in [-0.15, -0.1) is 10.2 Å². The Morgan fingerprint density at radius 1 is 1.48 bits per heavy atom. The van der Waals surface area contributed by atoms with E-state index in [0.717, 1.165) is 30.3 Å². The Bertz CT molecular complexity index is 604. The monoisotopic (exact) mass is 306 g/mol. The summed E-state index contributed by atoms with van der Waals surface area (Å²) in [6.45, 7) is 1.36. The molecule has 0 unspecified atom stereocenters. The van der Waals surface area contributed by atoms with Crippen molar-refractivity contribution in [3.05, 3.63) is 25.0 Å². The van der Waals surface area contributed by atoms with Crippen LogP contribution in [0.3, 0.4) is 0 Å². The quantitative estimate of drug-likeness (QED) is 0.602. The fourth-order valence-electron chi connectivity index (χ4n) is 2.24. The fourth-order valence-corrected chi connectivity index (χ4v) is 2.98. The molecule has 0 saturated heterocycles. The summed E-state index contributed by atoms with van der Waals surface area (Å²) in [6.07, 6.45) is 8.98. The molecule has 1 saturated carbocycles. The number of hydrogen-bond acceptors (Lipinski definition) is 5. The highest BCUT2D eigenvalue weighted by Gasteiger charge is 2.49. The van der Waals surface area contributed by atoms with Crippen molar-refractivity contribution in [3.63, 3.8) is 0 Å². The highest BCUT2D eigenvalue weighted by molar-refractivity contribution is 7.99. The molecule has 2 heterocycles. The number of imidazole rings is 1. The van der Waals surface area contributed by atoms with Gasteiger partial charge in [0.15, 0.2) is 5.16 Å². The van der Waals surface area contributed by atoms with Crippen molar-refractivity contribution in [2.24, 2.45) is 12.5 Å². The van der Waals surface area contributed by atoms with Crippen LogP contribution < -0.4 is 5.32 Å². The van der Waals surface area contributed by atoms with E-state index in [1.807, 2.05) is 22.4 Å². The SMILES string of the molecule is Cn1cnnc1SCCNC(=O)C1(Cn2ccnc2)CC1. The van der Waals surface area contributed by atoms with Crippen molar-refractivity contribution in [1.29, 1.82) is 0 Å². The number of carbonyl (C=O) groups is 1. The van der Waals surface area contributed by atoms with E-state index in [-0.39, 0.29) is 11.3 Å². The first-order valence-electron chi connectivity index (χ1n) is 6.90. The van der Waals surface area contributed by atoms with Gasteiger partial charge in [-0.25, -0.2) is 4.98 Å². The van der Waals surface area contributed by atoms with E-state index in [2.05, 4.69) is 20.5 Å². The van der Waals surface area contributed by atoms with Gasteiger partial charge in [0.2, 0.25) is 5.91 Å². The first-order valence-corrected chi connectivity index (χ1v) is 7.89. The lowest BCUT2D eigenvalue weighted by atomic mass is 10.1. The van der Waals surface area contributed by atoms with E-state index in [0.29, 0.717) is 6.54 Å². The molecule has 1 aliphatic rings. The Balaban J connectivity index is 1.43. The summed E-state index contributed by atoms with van der Waals surface area (Å²) >= 11 is 1.59. The number of nitrogens with zero attached hydrogens (tertiary/aromatic N) is 5. The largest absolute Gasteiger partial charge is 0.355 e. The van der Waals surface area contributed by atoms with Crippen LogP contribution in [-0.2, 0) is 18.4 Å². The number of nitrogens with one attached hydrogen (secondary N) is 1. The standard InChI is InChI=1S/C13H18N6OS/c1-18-10-16-17-12(18)21-7-5-15-11(20)13(2-3-13)8-19-6-4-14-9-19/h4,6,9-10H,2-3,5,7-8H2,1H3,(H,15,20). The molecule has 3 rings (SSSR count). The van der Waals surface area contributed by atoms with Crippen LogP contribution in [-0.4, -0.2) is 42.5 Å². The summed E-state index contributed by atoms with van der Waals surface area (Å²) in [4.78, 5) is 16.3. The molecule has 0 spiro atoms. The average Bonchev–Trinajstić information content (AvgIpc) is 2.87. The van der Waals surface area contributed by atoms with Crippen LogP contribution in [0.1, 0.15) is 12.8 Å². The number of rotatable bonds is 7. The zero-order chi connectivity index (χ0) is 14.7. The van der Waals surface area contributed by atoms with Gasteiger partial charge in [0.25, 0.3) is 0 Å². The van der Waals surface area contributed by atoms with Crippen molar-refractivity contribution in [1.82, 2.24) is 29.6 Å². The Morgan fingerprint density at radius 3 is 2.95 bits per heavy atom. The minimum absolute atomic E-state index is 0.148. The predicted molar refractivity (Wildman–Crippen MR) is 78.6 cm³/mol. The van der Waals surface area contributed by atoms with Crippen LogP contribution in [0.25, 0.3) is 0 Å². The number of hydrogen-bond donors (Lipinski definition) is 1. The minimum Gasteiger partial charge on any atom is -0.355 e. The van der Waals surface area contributed by atoms with Crippen molar-refractivity contribution in [2.45, 2.75) is 24.5 Å². The van der Waals surface area contributed by atoms with Gasteiger partial charge in [-0.1, -0.05) is 11.8 Å². The summed E-state index contributed by atoms with van der Waals surface area (Å²) in [5.74, 6) is 0.939. The zero-order valence-corrected chi connectivity index (χ0v) is 12.7. The minimum atomic E-state index is -0.226. The second-order valence-electron chi connectivity index (χ2n) is 5.34. The molecule has 1 aliphatic carbocycles. The second kappa shape index (κ2) is 5.88. The number of amides is 1. The second-order valence-corrected chi connectivity index (χ2v) is 6.41. The fraction of sp³-hybridized carbons (Fsp3) is 0.538. The van der Waals surface area contributed by atoms with Crippen molar-refractivity contribution in [3.8, 4) is 0 Å². The molecule has 1 amide bonds. The molecule has 21 heavy (non-hydrogen) atoms. The molecule has 7 nitrogen and oxygen atoms in total. The molecule has 0 aliphatic heterocycles. The molecule has 112 valence electrons. The maximum atomic E-state index is 12.3. The highest BCUT2D eigenvalue weighted by Crippen LogP contribution is 2.47. The lowest BCUT2D eigenvalue weighted by Crippen LogP contribution is -2.35. The van der Waals surface area contributed by atoms with Crippen molar-refractivity contribution in [2.75, 3.05) is 12.3 Å². The number of thioether (sulfide) groups is 1. The van der Waals surface area contributed by atoms with Crippen LogP contribution in [0.5, 0.6) is 0 Å². The number of aryl methyl sites for hydroxylation is 1. The molecule has 2 aromatic heterocycles. The Labute approximate surface area is 127 Å². The van der Waals surface area contributed by atoms with Crippen LogP contribution in [0.2, 0.25) is 0 Å². The molecular formula is C13H18N6OS. The van der Waals surface area contributed by atoms with Crippen LogP contribution >= 0.6 is 11.8 Å². The third kappa shape index (κ3) is 3.26. The Hall–Kier alpha value is -1.83. The summed E-state index contributed by atoms with van der Waals surface area (Å²) in [5.41, 5.74) is -0.226. The summed E-state index contributed by atoms with van der Waals surface area (Å²) in [6, 6.07) is 0. The normalized spacial score (nSPS) is 15.9. The molecule has 8 heteroatoms. The number of carbonyl (C=O) groups excluding carboxylic acids is 1. The van der Waals surface area contributed by atoms with Crippen molar-refractivity contribution >= 4 is 17.7 Å². The van der Waals surface area contributed by atoms with E-state index in [9.17, 15) is 4.79 Å². The predicted octanol–water partition coefficient (Wildman–Crippen LogP) is 0.700. The van der Waals surface area contributed by atoms with E-state index < -0.39 is 0 Å². The van der Waals surface area contributed by atoms with Crippen molar-refractivity contribution < 1.29 is 4.79 Å². The zero-order valence-electron chi connectivity index (χ0n) is 11.9. The lowest BCUT2D eigenvalue weighted by Gasteiger charge is -2.15.